The van der Waals surface area contributed by atoms with Gasteiger partial charge in [-0.1, -0.05) is 6.92 Å². The van der Waals surface area contributed by atoms with Crippen LogP contribution < -0.4 is 5.32 Å². The van der Waals surface area contributed by atoms with Gasteiger partial charge in [0.15, 0.2) is 5.03 Å². The van der Waals surface area contributed by atoms with Crippen LogP contribution in [0.2, 0.25) is 0 Å². The van der Waals surface area contributed by atoms with E-state index in [9.17, 15) is 8.42 Å². The number of hydrogen-bond acceptors (Lipinski definition) is 4. The molecule has 0 bridgehead atoms. The first-order valence-corrected chi connectivity index (χ1v) is 9.27. The highest BCUT2D eigenvalue weighted by Gasteiger charge is 2.40. The molecule has 0 radical (unpaired) electrons. The van der Waals surface area contributed by atoms with Gasteiger partial charge in [0, 0.05) is 36.4 Å². The largest absolute Gasteiger partial charge is 0.310 e. The number of aryl methyl sites for hydroxylation is 1. The molecule has 3 rings (SSSR count). The molecule has 0 aromatic carbocycles. The van der Waals surface area contributed by atoms with Crippen LogP contribution in [0.3, 0.4) is 0 Å². The molecule has 0 amide bonds. The predicted octanol–water partition coefficient (Wildman–Crippen LogP) is 1.53. The van der Waals surface area contributed by atoms with Crippen LogP contribution in [0.4, 0.5) is 0 Å². The van der Waals surface area contributed by atoms with E-state index in [1.165, 1.54) is 12.8 Å². The third-order valence-electron chi connectivity index (χ3n) is 4.13. The molecule has 2 N–H and O–H groups in total. The van der Waals surface area contributed by atoms with E-state index in [-0.39, 0.29) is 11.1 Å². The van der Waals surface area contributed by atoms with Crippen molar-refractivity contribution in [2.45, 2.75) is 69.6 Å². The van der Waals surface area contributed by atoms with Crippen molar-refractivity contribution in [3.05, 3.63) is 11.3 Å². The second kappa shape index (κ2) is 5.70. The zero-order valence-electron chi connectivity index (χ0n) is 12.7. The first-order chi connectivity index (χ1) is 10.0. The summed E-state index contributed by atoms with van der Waals surface area (Å²) >= 11 is 0. The van der Waals surface area contributed by atoms with Crippen molar-refractivity contribution in [2.24, 2.45) is 0 Å². The van der Waals surface area contributed by atoms with Crippen LogP contribution in [0.15, 0.2) is 5.03 Å². The Hall–Kier alpha value is -0.920. The molecule has 1 aromatic rings. The van der Waals surface area contributed by atoms with E-state index in [1.54, 1.807) is 4.31 Å². The van der Waals surface area contributed by atoms with Crippen molar-refractivity contribution in [3.63, 3.8) is 0 Å². The molecule has 0 aliphatic heterocycles. The molecule has 21 heavy (non-hydrogen) atoms. The van der Waals surface area contributed by atoms with Gasteiger partial charge in [0.25, 0.3) is 10.0 Å². The van der Waals surface area contributed by atoms with Crippen LogP contribution in [0.5, 0.6) is 0 Å². The summed E-state index contributed by atoms with van der Waals surface area (Å²) in [5, 5.41) is 10.6. The van der Waals surface area contributed by atoms with Gasteiger partial charge in [0.1, 0.15) is 0 Å². The second-order valence-electron chi connectivity index (χ2n) is 6.13. The Bertz CT molecular complexity index is 602. The highest BCUT2D eigenvalue weighted by atomic mass is 32.2. The van der Waals surface area contributed by atoms with Crippen LogP contribution in [0, 0.1) is 6.92 Å². The van der Waals surface area contributed by atoms with E-state index < -0.39 is 10.0 Å². The number of aromatic nitrogens is 2. The number of aromatic amines is 1. The van der Waals surface area contributed by atoms with Crippen molar-refractivity contribution in [2.75, 3.05) is 6.54 Å². The maximum Gasteiger partial charge on any atom is 0.262 e. The van der Waals surface area contributed by atoms with E-state index in [1.807, 2.05) is 13.8 Å². The zero-order valence-corrected chi connectivity index (χ0v) is 13.5. The normalized spacial score (nSPS) is 19.4. The topological polar surface area (TPSA) is 78.1 Å². The van der Waals surface area contributed by atoms with Gasteiger partial charge in [-0.15, -0.1) is 0 Å². The Morgan fingerprint density at radius 3 is 2.62 bits per heavy atom. The summed E-state index contributed by atoms with van der Waals surface area (Å²) < 4.78 is 27.5. The first kappa shape index (κ1) is 15.0. The minimum Gasteiger partial charge on any atom is -0.310 e. The molecule has 0 atom stereocenters. The van der Waals surface area contributed by atoms with Gasteiger partial charge in [-0.2, -0.15) is 9.40 Å². The van der Waals surface area contributed by atoms with Gasteiger partial charge in [-0.05, 0) is 39.0 Å². The Labute approximate surface area is 126 Å². The van der Waals surface area contributed by atoms with Crippen LogP contribution >= 0.6 is 0 Å². The van der Waals surface area contributed by atoms with Crippen LogP contribution in [0.1, 0.15) is 50.3 Å². The smallest absolute Gasteiger partial charge is 0.262 e. The molecule has 0 unspecified atom stereocenters. The highest BCUT2D eigenvalue weighted by Crippen LogP contribution is 2.33. The monoisotopic (exact) mass is 312 g/mol. The van der Waals surface area contributed by atoms with Crippen molar-refractivity contribution < 1.29 is 8.42 Å². The summed E-state index contributed by atoms with van der Waals surface area (Å²) in [5.74, 6) is 0. The standard InChI is InChI=1S/C14H24N4O2S/c1-3-8-18(12-6-7-12)21(19,20)14-13(10(2)16-17-14)9-15-11-4-5-11/h11-12,15H,3-9H2,1-2H3,(H,16,17). The van der Waals surface area contributed by atoms with Gasteiger partial charge in [0.2, 0.25) is 0 Å². The van der Waals surface area contributed by atoms with Crippen molar-refractivity contribution >= 4 is 10.0 Å². The number of sulfonamides is 1. The lowest BCUT2D eigenvalue weighted by atomic mass is 10.2. The van der Waals surface area contributed by atoms with Gasteiger partial charge in [-0.25, -0.2) is 8.42 Å². The van der Waals surface area contributed by atoms with Gasteiger partial charge >= 0.3 is 0 Å². The maximum atomic E-state index is 12.9. The lowest BCUT2D eigenvalue weighted by Crippen LogP contribution is -2.35. The summed E-state index contributed by atoms with van der Waals surface area (Å²) in [6.45, 7) is 5.05. The third-order valence-corrected chi connectivity index (χ3v) is 6.06. The predicted molar refractivity (Wildman–Crippen MR) is 80.4 cm³/mol. The molecule has 2 aliphatic rings. The molecule has 6 nitrogen and oxygen atoms in total. The van der Waals surface area contributed by atoms with Gasteiger partial charge in [0.05, 0.1) is 0 Å². The third kappa shape index (κ3) is 3.14. The number of H-pyrrole nitrogens is 1. The summed E-state index contributed by atoms with van der Waals surface area (Å²) in [6.07, 6.45) is 5.14. The molecule has 0 saturated heterocycles. The fourth-order valence-electron chi connectivity index (χ4n) is 2.58. The lowest BCUT2D eigenvalue weighted by Gasteiger charge is -2.20. The molecule has 2 saturated carbocycles. The summed E-state index contributed by atoms with van der Waals surface area (Å²) in [5.41, 5.74) is 1.64. The Morgan fingerprint density at radius 1 is 1.33 bits per heavy atom. The fraction of sp³-hybridized carbons (Fsp3) is 0.786. The molecular weight excluding hydrogens is 288 g/mol. The Kier molecular flexibility index (Phi) is 4.07. The first-order valence-electron chi connectivity index (χ1n) is 7.83. The van der Waals surface area contributed by atoms with Crippen LogP contribution in [-0.2, 0) is 16.6 Å². The lowest BCUT2D eigenvalue weighted by molar-refractivity contribution is 0.400. The minimum absolute atomic E-state index is 0.177. The number of nitrogens with zero attached hydrogens (tertiary/aromatic N) is 2. The average molecular weight is 312 g/mol. The van der Waals surface area contributed by atoms with E-state index in [0.29, 0.717) is 19.1 Å². The summed E-state index contributed by atoms with van der Waals surface area (Å²) in [7, 11) is -3.49. The average Bonchev–Trinajstić information content (AvgIpc) is 3.33. The van der Waals surface area contributed by atoms with E-state index in [2.05, 4.69) is 15.5 Å². The SMILES string of the molecule is CCCN(C1CC1)S(=O)(=O)c1n[nH]c(C)c1CNC1CC1. The molecule has 2 fully saturated rings. The maximum absolute atomic E-state index is 12.9. The summed E-state index contributed by atoms with van der Waals surface area (Å²) in [6, 6.07) is 0.723. The highest BCUT2D eigenvalue weighted by molar-refractivity contribution is 7.89. The summed E-state index contributed by atoms with van der Waals surface area (Å²) in [4.78, 5) is 0. The minimum atomic E-state index is -3.49. The molecular formula is C14H24N4O2S. The van der Waals surface area contributed by atoms with E-state index >= 15 is 0 Å². The molecule has 7 heteroatoms. The number of nitrogens with one attached hydrogen (secondary N) is 2. The fourth-order valence-corrected chi connectivity index (χ4v) is 4.52. The van der Waals surface area contributed by atoms with Gasteiger partial charge < -0.3 is 5.32 Å². The van der Waals surface area contributed by atoms with Gasteiger partial charge in [-0.3, -0.25) is 5.10 Å². The van der Waals surface area contributed by atoms with Crippen LogP contribution in [-0.4, -0.2) is 41.5 Å². The van der Waals surface area contributed by atoms with E-state index in [0.717, 1.165) is 30.5 Å². The van der Waals surface area contributed by atoms with Crippen LogP contribution in [0.25, 0.3) is 0 Å². The Morgan fingerprint density at radius 2 is 2.05 bits per heavy atom. The molecule has 2 aliphatic carbocycles. The Balaban J connectivity index is 1.86. The molecule has 1 aromatic heterocycles. The number of hydrogen-bond donors (Lipinski definition) is 2. The van der Waals surface area contributed by atoms with Crippen molar-refractivity contribution in [3.8, 4) is 0 Å². The zero-order chi connectivity index (χ0) is 15.0. The number of rotatable bonds is 8. The van der Waals surface area contributed by atoms with Crippen molar-refractivity contribution in [1.29, 1.82) is 0 Å². The molecule has 1 heterocycles. The second-order valence-corrected chi connectivity index (χ2v) is 7.94. The van der Waals surface area contributed by atoms with E-state index in [4.69, 9.17) is 0 Å². The quantitative estimate of drug-likeness (QED) is 0.763. The molecule has 118 valence electrons. The van der Waals surface area contributed by atoms with Crippen molar-refractivity contribution in [1.82, 2.24) is 19.8 Å². The molecule has 0 spiro atoms.